The predicted molar refractivity (Wildman–Crippen MR) is 107 cm³/mol. The van der Waals surface area contributed by atoms with Crippen LogP contribution in [0.2, 0.25) is 0 Å². The van der Waals surface area contributed by atoms with E-state index in [0.717, 1.165) is 28.5 Å². The van der Waals surface area contributed by atoms with Crippen molar-refractivity contribution in [3.8, 4) is 0 Å². The molecular formula is C21H26N2O2S. The molecule has 3 aromatic rings. The molecule has 0 aliphatic rings. The first kappa shape index (κ1) is 18.7. The van der Waals surface area contributed by atoms with E-state index in [1.165, 1.54) is 0 Å². The van der Waals surface area contributed by atoms with Crippen molar-refractivity contribution >= 4 is 20.9 Å². The van der Waals surface area contributed by atoms with E-state index in [0.29, 0.717) is 17.9 Å². The van der Waals surface area contributed by atoms with Crippen LogP contribution in [0.25, 0.3) is 10.9 Å². The number of H-pyrrole nitrogens is 1. The van der Waals surface area contributed by atoms with E-state index in [4.69, 9.17) is 0 Å². The molecule has 0 fully saturated rings. The summed E-state index contributed by atoms with van der Waals surface area (Å²) in [7, 11) is -3.50. The molecule has 0 aliphatic heterocycles. The lowest BCUT2D eigenvalue weighted by molar-refractivity contribution is 0.505. The Morgan fingerprint density at radius 1 is 1.04 bits per heavy atom. The van der Waals surface area contributed by atoms with Gasteiger partial charge >= 0.3 is 0 Å². The molecule has 0 saturated heterocycles. The molecule has 26 heavy (non-hydrogen) atoms. The minimum atomic E-state index is -3.50. The summed E-state index contributed by atoms with van der Waals surface area (Å²) >= 11 is 0. The van der Waals surface area contributed by atoms with Crippen LogP contribution >= 0.6 is 0 Å². The van der Waals surface area contributed by atoms with Gasteiger partial charge < -0.3 is 4.98 Å². The van der Waals surface area contributed by atoms with Gasteiger partial charge in [0, 0.05) is 23.6 Å². The Bertz CT molecular complexity index is 986. The van der Waals surface area contributed by atoms with Crippen LogP contribution in [0.4, 0.5) is 0 Å². The summed E-state index contributed by atoms with van der Waals surface area (Å²) in [6.07, 6.45) is 3.59. The van der Waals surface area contributed by atoms with Crippen LogP contribution in [0.15, 0.2) is 59.6 Å². The number of aromatic nitrogens is 1. The summed E-state index contributed by atoms with van der Waals surface area (Å²) in [5, 5.41) is 1.14. The maximum Gasteiger partial charge on any atom is 0.240 e. The Morgan fingerprint density at radius 2 is 1.73 bits per heavy atom. The summed E-state index contributed by atoms with van der Waals surface area (Å²) in [6, 6.07) is 15.3. The molecule has 0 spiro atoms. The van der Waals surface area contributed by atoms with Crippen LogP contribution in [0, 0.1) is 0 Å². The Kier molecular flexibility index (Phi) is 5.21. The highest BCUT2D eigenvalue weighted by molar-refractivity contribution is 7.89. The molecule has 0 radical (unpaired) electrons. The zero-order valence-electron chi connectivity index (χ0n) is 15.5. The van der Waals surface area contributed by atoms with E-state index >= 15 is 0 Å². The van der Waals surface area contributed by atoms with Gasteiger partial charge in [0.25, 0.3) is 0 Å². The molecule has 2 N–H and O–H groups in total. The van der Waals surface area contributed by atoms with Gasteiger partial charge in [0.1, 0.15) is 0 Å². The molecule has 2 aromatic carbocycles. The van der Waals surface area contributed by atoms with Crippen LogP contribution in [0.5, 0.6) is 0 Å². The standard InChI is InChI=1S/C21H26N2O2S/c1-4-21(2,3)17-9-11-18(12-10-17)26(24,25)23-14-13-16-15-22-20-8-6-5-7-19(16)20/h5-12,15,22-23H,4,13-14H2,1-3H3. The molecule has 1 aromatic heterocycles. The summed E-state index contributed by atoms with van der Waals surface area (Å²) in [5.74, 6) is 0. The lowest BCUT2D eigenvalue weighted by Crippen LogP contribution is -2.26. The fourth-order valence-electron chi connectivity index (χ4n) is 3.03. The molecule has 0 aliphatic carbocycles. The number of hydrogen-bond donors (Lipinski definition) is 2. The first-order valence-electron chi connectivity index (χ1n) is 8.99. The maximum absolute atomic E-state index is 12.5. The monoisotopic (exact) mass is 370 g/mol. The molecule has 4 nitrogen and oxygen atoms in total. The smallest absolute Gasteiger partial charge is 0.240 e. The molecule has 0 amide bonds. The van der Waals surface area contributed by atoms with Crippen molar-refractivity contribution in [2.75, 3.05) is 6.54 Å². The number of fused-ring (bicyclic) bond motifs is 1. The van der Waals surface area contributed by atoms with Crippen molar-refractivity contribution in [1.29, 1.82) is 0 Å². The Morgan fingerprint density at radius 3 is 2.42 bits per heavy atom. The quantitative estimate of drug-likeness (QED) is 0.648. The number of para-hydroxylation sites is 1. The lowest BCUT2D eigenvalue weighted by atomic mass is 9.82. The van der Waals surface area contributed by atoms with Gasteiger partial charge in [-0.2, -0.15) is 0 Å². The van der Waals surface area contributed by atoms with E-state index < -0.39 is 10.0 Å². The Hall–Kier alpha value is -2.11. The molecule has 3 rings (SSSR count). The van der Waals surface area contributed by atoms with E-state index in [9.17, 15) is 8.42 Å². The van der Waals surface area contributed by atoms with Crippen molar-refractivity contribution in [3.05, 3.63) is 65.9 Å². The van der Waals surface area contributed by atoms with Gasteiger partial charge in [0.05, 0.1) is 4.90 Å². The third-order valence-corrected chi connectivity index (χ3v) is 6.67. The van der Waals surface area contributed by atoms with Crippen LogP contribution < -0.4 is 4.72 Å². The van der Waals surface area contributed by atoms with Crippen molar-refractivity contribution in [2.45, 2.75) is 43.9 Å². The second kappa shape index (κ2) is 7.25. The molecule has 0 bridgehead atoms. The first-order valence-corrected chi connectivity index (χ1v) is 10.5. The summed E-state index contributed by atoms with van der Waals surface area (Å²) in [4.78, 5) is 3.53. The molecular weight excluding hydrogens is 344 g/mol. The third-order valence-electron chi connectivity index (χ3n) is 5.19. The van der Waals surface area contributed by atoms with Gasteiger partial charge in [0.2, 0.25) is 10.0 Å². The highest BCUT2D eigenvalue weighted by atomic mass is 32.2. The van der Waals surface area contributed by atoms with Crippen molar-refractivity contribution < 1.29 is 8.42 Å². The molecule has 0 atom stereocenters. The van der Waals surface area contributed by atoms with Gasteiger partial charge in [0.15, 0.2) is 0 Å². The van der Waals surface area contributed by atoms with E-state index in [1.54, 1.807) is 12.1 Å². The number of aromatic amines is 1. The highest BCUT2D eigenvalue weighted by Crippen LogP contribution is 2.27. The van der Waals surface area contributed by atoms with Crippen LogP contribution in [-0.2, 0) is 21.9 Å². The van der Waals surface area contributed by atoms with Gasteiger partial charge in [-0.05, 0) is 47.6 Å². The van der Waals surface area contributed by atoms with Crippen molar-refractivity contribution in [3.63, 3.8) is 0 Å². The number of hydrogen-bond acceptors (Lipinski definition) is 2. The zero-order valence-corrected chi connectivity index (χ0v) is 16.4. The first-order chi connectivity index (χ1) is 12.3. The summed E-state index contributed by atoms with van der Waals surface area (Å²) in [6.45, 7) is 6.83. The summed E-state index contributed by atoms with van der Waals surface area (Å²) in [5.41, 5.74) is 3.38. The maximum atomic E-state index is 12.5. The average Bonchev–Trinajstić information content (AvgIpc) is 3.05. The number of nitrogens with one attached hydrogen (secondary N) is 2. The van der Waals surface area contributed by atoms with Gasteiger partial charge in [-0.25, -0.2) is 13.1 Å². The van der Waals surface area contributed by atoms with Crippen LogP contribution in [-0.4, -0.2) is 19.9 Å². The van der Waals surface area contributed by atoms with Crippen molar-refractivity contribution in [2.24, 2.45) is 0 Å². The molecule has 1 heterocycles. The largest absolute Gasteiger partial charge is 0.361 e. The second-order valence-electron chi connectivity index (χ2n) is 7.27. The zero-order chi connectivity index (χ0) is 18.8. The SMILES string of the molecule is CCC(C)(C)c1ccc(S(=O)(=O)NCCc2c[nH]c3ccccc23)cc1. The van der Waals surface area contributed by atoms with Gasteiger partial charge in [-0.3, -0.25) is 0 Å². The number of rotatable bonds is 7. The normalized spacial score (nSPS) is 12.6. The van der Waals surface area contributed by atoms with Gasteiger partial charge in [-0.1, -0.05) is 51.1 Å². The fourth-order valence-corrected chi connectivity index (χ4v) is 4.06. The van der Waals surface area contributed by atoms with E-state index in [2.05, 4.69) is 30.5 Å². The van der Waals surface area contributed by atoms with Crippen LogP contribution in [0.3, 0.4) is 0 Å². The fraction of sp³-hybridized carbons (Fsp3) is 0.333. The molecule has 0 saturated carbocycles. The van der Waals surface area contributed by atoms with Crippen molar-refractivity contribution in [1.82, 2.24) is 9.71 Å². The highest BCUT2D eigenvalue weighted by Gasteiger charge is 2.20. The third kappa shape index (κ3) is 3.84. The number of benzene rings is 2. The lowest BCUT2D eigenvalue weighted by Gasteiger charge is -2.23. The minimum Gasteiger partial charge on any atom is -0.361 e. The predicted octanol–water partition coefficient (Wildman–Crippen LogP) is 4.38. The second-order valence-corrected chi connectivity index (χ2v) is 9.04. The topological polar surface area (TPSA) is 62.0 Å². The van der Waals surface area contributed by atoms with Gasteiger partial charge in [-0.15, -0.1) is 0 Å². The molecule has 0 unspecified atom stereocenters. The van der Waals surface area contributed by atoms with E-state index in [1.807, 2.05) is 42.6 Å². The molecule has 5 heteroatoms. The summed E-state index contributed by atoms with van der Waals surface area (Å²) < 4.78 is 27.8. The molecule has 138 valence electrons. The number of sulfonamides is 1. The van der Waals surface area contributed by atoms with Crippen LogP contribution in [0.1, 0.15) is 38.3 Å². The Balaban J connectivity index is 1.67. The average molecular weight is 371 g/mol. The Labute approximate surface area is 155 Å². The minimum absolute atomic E-state index is 0.0467. The van der Waals surface area contributed by atoms with E-state index in [-0.39, 0.29) is 5.41 Å².